The minimum Gasteiger partial charge on any atom is -0.481 e. The summed E-state index contributed by atoms with van der Waals surface area (Å²) in [5, 5.41) is 14.0. The molecule has 1 unspecified atom stereocenters. The molecule has 0 radical (unpaired) electrons. The summed E-state index contributed by atoms with van der Waals surface area (Å²) in [4.78, 5) is 14.7. The van der Waals surface area contributed by atoms with Crippen LogP contribution in [-0.4, -0.2) is 34.7 Å². The maximum atomic E-state index is 11.4. The molecule has 1 heterocycles. The summed E-state index contributed by atoms with van der Waals surface area (Å²) in [6.07, 6.45) is 4.50. The summed E-state index contributed by atoms with van der Waals surface area (Å²) in [6.45, 7) is 2.60. The smallest absolute Gasteiger partial charge is 0.304 e. The van der Waals surface area contributed by atoms with Crippen molar-refractivity contribution in [3.8, 4) is 0 Å². The molecule has 5 nitrogen and oxygen atoms in total. The highest BCUT2D eigenvalue weighted by molar-refractivity contribution is 5.83. The molecule has 3 rings (SSSR count). The maximum Gasteiger partial charge on any atom is 0.304 e. The Hall–Kier alpha value is -2.63. The van der Waals surface area contributed by atoms with Crippen molar-refractivity contribution in [1.29, 1.82) is 0 Å². The van der Waals surface area contributed by atoms with Crippen LogP contribution in [0.1, 0.15) is 29.5 Å². The molecule has 2 atom stereocenters. The summed E-state index contributed by atoms with van der Waals surface area (Å²) in [7, 11) is 0. The Morgan fingerprint density at radius 2 is 1.86 bits per heavy atom. The number of nitrogens with one attached hydrogen (secondary N) is 2. The zero-order valence-electron chi connectivity index (χ0n) is 16.3. The van der Waals surface area contributed by atoms with E-state index in [-0.39, 0.29) is 18.5 Å². The first-order chi connectivity index (χ1) is 13.6. The number of hydrogen-bond acceptors (Lipinski definition) is 3. The fourth-order valence-electron chi connectivity index (χ4n) is 3.79. The zero-order chi connectivity index (χ0) is 19.9. The molecule has 0 saturated heterocycles. The number of H-pyrrole nitrogens is 1. The van der Waals surface area contributed by atoms with Gasteiger partial charge in [0.2, 0.25) is 0 Å². The average molecular weight is 380 g/mol. The lowest BCUT2D eigenvalue weighted by Gasteiger charge is -2.24. The van der Waals surface area contributed by atoms with Gasteiger partial charge in [0.25, 0.3) is 0 Å². The van der Waals surface area contributed by atoms with E-state index in [1.807, 2.05) is 30.5 Å². The molecule has 0 aliphatic rings. The second-order valence-corrected chi connectivity index (χ2v) is 7.42. The van der Waals surface area contributed by atoms with Crippen LogP contribution in [0.3, 0.4) is 0 Å². The van der Waals surface area contributed by atoms with E-state index >= 15 is 0 Å². The van der Waals surface area contributed by atoms with Gasteiger partial charge < -0.3 is 21.1 Å². The first kappa shape index (κ1) is 20.1. The summed E-state index contributed by atoms with van der Waals surface area (Å²) >= 11 is 0. The summed E-state index contributed by atoms with van der Waals surface area (Å²) in [5.41, 5.74) is 10.8. The summed E-state index contributed by atoms with van der Waals surface area (Å²) < 4.78 is 0. The van der Waals surface area contributed by atoms with Crippen LogP contribution >= 0.6 is 0 Å². The van der Waals surface area contributed by atoms with Crippen LogP contribution in [0.5, 0.6) is 0 Å². The lowest BCUT2D eigenvalue weighted by Crippen LogP contribution is -2.45. The van der Waals surface area contributed by atoms with E-state index in [9.17, 15) is 9.90 Å². The first-order valence-corrected chi connectivity index (χ1v) is 9.84. The minimum atomic E-state index is -0.799. The van der Waals surface area contributed by atoms with Gasteiger partial charge in [0.15, 0.2) is 0 Å². The van der Waals surface area contributed by atoms with Crippen molar-refractivity contribution in [3.63, 3.8) is 0 Å². The number of aryl methyl sites for hydroxylation is 2. The molecule has 148 valence electrons. The molecule has 0 spiro atoms. The van der Waals surface area contributed by atoms with Gasteiger partial charge in [0, 0.05) is 35.7 Å². The van der Waals surface area contributed by atoms with Gasteiger partial charge >= 0.3 is 5.97 Å². The van der Waals surface area contributed by atoms with Gasteiger partial charge in [-0.1, -0.05) is 42.5 Å². The third-order valence-corrected chi connectivity index (χ3v) is 5.34. The number of fused-ring (bicyclic) bond motifs is 1. The Kier molecular flexibility index (Phi) is 6.85. The van der Waals surface area contributed by atoms with E-state index in [1.54, 1.807) is 0 Å². The van der Waals surface area contributed by atoms with Crippen LogP contribution in [0, 0.1) is 6.92 Å². The van der Waals surface area contributed by atoms with Gasteiger partial charge in [0.1, 0.15) is 0 Å². The van der Waals surface area contributed by atoms with E-state index < -0.39 is 5.97 Å². The Morgan fingerprint density at radius 1 is 1.11 bits per heavy atom. The van der Waals surface area contributed by atoms with Gasteiger partial charge in [-0.25, -0.2) is 0 Å². The number of hydrogen-bond donors (Lipinski definition) is 4. The predicted octanol–water partition coefficient (Wildman–Crippen LogP) is 3.41. The van der Waals surface area contributed by atoms with Crippen LogP contribution in [0.15, 0.2) is 54.7 Å². The third-order valence-electron chi connectivity index (χ3n) is 5.34. The maximum absolute atomic E-state index is 11.4. The average Bonchev–Trinajstić information content (AvgIpc) is 3.08. The number of nitrogens with two attached hydrogens (primary N) is 1. The van der Waals surface area contributed by atoms with Crippen LogP contribution in [0.4, 0.5) is 0 Å². The number of carbonyl (C=O) groups is 1. The molecular weight excluding hydrogens is 350 g/mol. The van der Waals surface area contributed by atoms with Crippen molar-refractivity contribution in [1.82, 2.24) is 10.3 Å². The molecule has 0 bridgehead atoms. The Morgan fingerprint density at radius 3 is 2.61 bits per heavy atom. The highest BCUT2D eigenvalue weighted by Gasteiger charge is 2.19. The van der Waals surface area contributed by atoms with Gasteiger partial charge in [-0.15, -0.1) is 0 Å². The molecule has 0 aliphatic heterocycles. The van der Waals surface area contributed by atoms with E-state index in [0.29, 0.717) is 13.0 Å². The molecular formula is C23H29N3O2. The van der Waals surface area contributed by atoms with Crippen LogP contribution in [0.2, 0.25) is 0 Å². The lowest BCUT2D eigenvalue weighted by atomic mass is 9.98. The van der Waals surface area contributed by atoms with Crippen molar-refractivity contribution in [2.75, 3.05) is 6.54 Å². The highest BCUT2D eigenvalue weighted by Crippen LogP contribution is 2.20. The van der Waals surface area contributed by atoms with Gasteiger partial charge in [-0.2, -0.15) is 0 Å². The van der Waals surface area contributed by atoms with E-state index in [2.05, 4.69) is 41.5 Å². The predicted molar refractivity (Wildman–Crippen MR) is 114 cm³/mol. The van der Waals surface area contributed by atoms with Crippen LogP contribution in [0.25, 0.3) is 10.9 Å². The van der Waals surface area contributed by atoms with Crippen molar-refractivity contribution in [2.45, 2.75) is 44.7 Å². The molecule has 5 heteroatoms. The summed E-state index contributed by atoms with van der Waals surface area (Å²) in [5.74, 6) is -0.799. The molecule has 0 amide bonds. The molecule has 0 fully saturated rings. The third kappa shape index (κ3) is 5.21. The largest absolute Gasteiger partial charge is 0.481 e. The molecule has 2 aromatic carbocycles. The zero-order valence-corrected chi connectivity index (χ0v) is 16.3. The van der Waals surface area contributed by atoms with Gasteiger partial charge in [-0.3, -0.25) is 4.79 Å². The summed E-state index contributed by atoms with van der Waals surface area (Å²) in [6, 6.07) is 16.4. The Bertz CT molecular complexity index is 919. The van der Waals surface area contributed by atoms with Crippen LogP contribution in [-0.2, 0) is 17.6 Å². The molecule has 0 saturated carbocycles. The first-order valence-electron chi connectivity index (χ1n) is 9.84. The standard InChI is InChI=1S/C23H29N3O2/c1-16-6-2-3-7-17(16)10-11-19(14-24)26-20(13-23(27)28)12-18-15-25-22-9-5-4-8-21(18)22/h2-9,15,19-20,25-26H,10-14,24H2,1H3,(H,27,28)/t19?,20-/m1/s1. The fourth-order valence-corrected chi connectivity index (χ4v) is 3.79. The number of carboxylic acids is 1. The second-order valence-electron chi connectivity index (χ2n) is 7.42. The molecule has 28 heavy (non-hydrogen) atoms. The van der Waals surface area contributed by atoms with E-state index in [4.69, 9.17) is 5.73 Å². The monoisotopic (exact) mass is 379 g/mol. The van der Waals surface area contributed by atoms with Crippen molar-refractivity contribution < 1.29 is 9.90 Å². The number of aromatic nitrogens is 1. The van der Waals surface area contributed by atoms with Crippen LogP contribution < -0.4 is 11.1 Å². The minimum absolute atomic E-state index is 0.0698. The highest BCUT2D eigenvalue weighted by atomic mass is 16.4. The number of benzene rings is 2. The number of carboxylic acid groups (broad SMARTS) is 1. The number of aliphatic carboxylic acids is 1. The van der Waals surface area contributed by atoms with Gasteiger partial charge in [-0.05, 0) is 48.9 Å². The SMILES string of the molecule is Cc1ccccc1CCC(CN)N[C@@H](CC(=O)O)Cc1c[nH]c2ccccc12. The number of aromatic amines is 1. The quantitative estimate of drug-likeness (QED) is 0.434. The van der Waals surface area contributed by atoms with E-state index in [1.165, 1.54) is 11.1 Å². The van der Waals surface area contributed by atoms with Crippen molar-refractivity contribution >= 4 is 16.9 Å². The molecule has 5 N–H and O–H groups in total. The second kappa shape index (κ2) is 9.53. The topological polar surface area (TPSA) is 91.1 Å². The Balaban J connectivity index is 1.68. The van der Waals surface area contributed by atoms with Gasteiger partial charge in [0.05, 0.1) is 6.42 Å². The van der Waals surface area contributed by atoms with Crippen molar-refractivity contribution in [3.05, 3.63) is 71.4 Å². The molecule has 0 aliphatic carbocycles. The lowest BCUT2D eigenvalue weighted by molar-refractivity contribution is -0.137. The fraction of sp³-hybridized carbons (Fsp3) is 0.348. The molecule has 1 aromatic heterocycles. The molecule has 3 aromatic rings. The Labute approximate surface area is 166 Å². The van der Waals surface area contributed by atoms with E-state index in [0.717, 1.165) is 29.3 Å². The normalized spacial score (nSPS) is 13.5. The number of para-hydroxylation sites is 1. The number of rotatable bonds is 10. The van der Waals surface area contributed by atoms with Crippen molar-refractivity contribution in [2.24, 2.45) is 5.73 Å².